The van der Waals surface area contributed by atoms with Crippen LogP contribution in [0.3, 0.4) is 0 Å². The predicted molar refractivity (Wildman–Crippen MR) is 84.6 cm³/mol. The van der Waals surface area contributed by atoms with E-state index in [0.29, 0.717) is 41.3 Å². The van der Waals surface area contributed by atoms with Crippen molar-refractivity contribution in [1.82, 2.24) is 14.4 Å². The minimum absolute atomic E-state index is 0.304. The molecule has 0 amide bonds. The molecule has 3 heterocycles. The summed E-state index contributed by atoms with van der Waals surface area (Å²) in [5.41, 5.74) is 0.874. The highest BCUT2D eigenvalue weighted by atomic mass is 35.5. The highest BCUT2D eigenvalue weighted by molar-refractivity contribution is 7.91. The van der Waals surface area contributed by atoms with Gasteiger partial charge in [-0.3, -0.25) is 4.90 Å². The summed E-state index contributed by atoms with van der Waals surface area (Å²) in [4.78, 5) is 2.17. The third-order valence-electron chi connectivity index (χ3n) is 3.54. The quantitative estimate of drug-likeness (QED) is 0.835. The van der Waals surface area contributed by atoms with Gasteiger partial charge in [-0.15, -0.1) is 11.3 Å². The summed E-state index contributed by atoms with van der Waals surface area (Å²) < 4.78 is 32.4. The van der Waals surface area contributed by atoms with Gasteiger partial charge >= 0.3 is 0 Å². The first-order valence-electron chi connectivity index (χ1n) is 6.85. The summed E-state index contributed by atoms with van der Waals surface area (Å²) in [6.07, 6.45) is 0. The van der Waals surface area contributed by atoms with Gasteiger partial charge in [-0.2, -0.15) is 4.31 Å². The maximum Gasteiger partial charge on any atom is 0.252 e. The number of sulfonamides is 1. The van der Waals surface area contributed by atoms with Gasteiger partial charge in [0, 0.05) is 38.8 Å². The molecule has 0 atom stereocenters. The Labute approximate surface area is 138 Å². The molecular weight excluding hydrogens is 346 g/mol. The van der Waals surface area contributed by atoms with Crippen LogP contribution in [0.5, 0.6) is 0 Å². The summed E-state index contributed by atoms with van der Waals surface area (Å²) in [7, 11) is -3.43. The van der Waals surface area contributed by atoms with Crippen molar-refractivity contribution in [2.75, 3.05) is 26.2 Å². The van der Waals surface area contributed by atoms with Gasteiger partial charge in [0.1, 0.15) is 9.97 Å². The number of aryl methyl sites for hydroxylation is 1. The van der Waals surface area contributed by atoms with Crippen LogP contribution >= 0.6 is 22.9 Å². The summed E-state index contributed by atoms with van der Waals surface area (Å²) in [5.74, 6) is 0.783. The highest BCUT2D eigenvalue weighted by Gasteiger charge is 2.29. The average Bonchev–Trinajstić information content (AvgIpc) is 3.09. The Morgan fingerprint density at radius 3 is 2.59 bits per heavy atom. The normalized spacial score (nSPS) is 17.9. The Morgan fingerprint density at radius 1 is 1.32 bits per heavy atom. The number of halogens is 1. The minimum atomic E-state index is -3.43. The van der Waals surface area contributed by atoms with E-state index in [0.717, 1.165) is 22.8 Å². The topological polar surface area (TPSA) is 66.7 Å². The molecule has 120 valence electrons. The van der Waals surface area contributed by atoms with Crippen LogP contribution in [0.25, 0.3) is 0 Å². The van der Waals surface area contributed by atoms with Crippen molar-refractivity contribution in [2.24, 2.45) is 0 Å². The predicted octanol–water partition coefficient (Wildman–Crippen LogP) is 2.20. The third-order valence-corrected chi connectivity index (χ3v) is 7.13. The van der Waals surface area contributed by atoms with E-state index >= 15 is 0 Å². The van der Waals surface area contributed by atoms with Crippen LogP contribution in [0.2, 0.25) is 4.34 Å². The van der Waals surface area contributed by atoms with Gasteiger partial charge in [0.25, 0.3) is 10.0 Å². The maximum atomic E-state index is 12.5. The molecule has 6 nitrogen and oxygen atoms in total. The molecule has 0 radical (unpaired) electrons. The zero-order valence-corrected chi connectivity index (χ0v) is 14.4. The number of hydrogen-bond donors (Lipinski definition) is 0. The minimum Gasteiger partial charge on any atom is -0.361 e. The Morgan fingerprint density at radius 2 is 2.05 bits per heavy atom. The van der Waals surface area contributed by atoms with Crippen LogP contribution in [-0.2, 0) is 16.6 Å². The van der Waals surface area contributed by atoms with E-state index in [2.05, 4.69) is 10.1 Å². The number of nitrogens with zero attached hydrogens (tertiary/aromatic N) is 3. The van der Waals surface area contributed by atoms with Crippen LogP contribution in [0, 0.1) is 6.92 Å². The second-order valence-corrected chi connectivity index (χ2v) is 9.05. The van der Waals surface area contributed by atoms with Crippen molar-refractivity contribution in [3.63, 3.8) is 0 Å². The second-order valence-electron chi connectivity index (χ2n) is 5.17. The molecule has 0 N–H and O–H groups in total. The number of hydrogen-bond acceptors (Lipinski definition) is 6. The Bertz CT molecular complexity index is 748. The average molecular weight is 362 g/mol. The van der Waals surface area contributed by atoms with Gasteiger partial charge in [-0.05, 0) is 19.1 Å². The lowest BCUT2D eigenvalue weighted by atomic mass is 10.3. The molecule has 9 heteroatoms. The first kappa shape index (κ1) is 15.9. The molecule has 0 spiro atoms. The van der Waals surface area contributed by atoms with Crippen LogP contribution in [-0.4, -0.2) is 49.0 Å². The summed E-state index contributed by atoms with van der Waals surface area (Å²) in [6, 6.07) is 5.08. The Balaban J connectivity index is 1.61. The first-order valence-corrected chi connectivity index (χ1v) is 9.48. The molecule has 1 aliphatic heterocycles. The number of piperazine rings is 1. The molecule has 0 unspecified atom stereocenters. The van der Waals surface area contributed by atoms with Crippen molar-refractivity contribution in [3.05, 3.63) is 34.0 Å². The fourth-order valence-electron chi connectivity index (χ4n) is 2.41. The lowest BCUT2D eigenvalue weighted by Crippen LogP contribution is -2.48. The van der Waals surface area contributed by atoms with E-state index in [1.807, 2.05) is 13.0 Å². The van der Waals surface area contributed by atoms with Crippen molar-refractivity contribution in [1.29, 1.82) is 0 Å². The molecule has 2 aromatic rings. The molecule has 0 bridgehead atoms. The molecule has 0 aliphatic carbocycles. The van der Waals surface area contributed by atoms with E-state index in [4.69, 9.17) is 16.1 Å². The van der Waals surface area contributed by atoms with Crippen molar-refractivity contribution < 1.29 is 12.9 Å². The molecule has 0 aromatic carbocycles. The van der Waals surface area contributed by atoms with Crippen molar-refractivity contribution in [2.45, 2.75) is 17.7 Å². The smallest absolute Gasteiger partial charge is 0.252 e. The first-order chi connectivity index (χ1) is 10.4. The fraction of sp³-hybridized carbons (Fsp3) is 0.462. The van der Waals surface area contributed by atoms with E-state index in [-0.39, 0.29) is 0 Å². The maximum absolute atomic E-state index is 12.5. The number of rotatable bonds is 4. The van der Waals surface area contributed by atoms with Crippen LogP contribution < -0.4 is 0 Å². The van der Waals surface area contributed by atoms with E-state index < -0.39 is 10.0 Å². The standard InChI is InChI=1S/C13H16ClN3O3S2/c1-10-8-11(15-20-10)9-16-4-6-17(7-5-16)22(18,19)13-3-2-12(14)21-13/h2-3,8H,4-7,9H2,1H3. The molecule has 1 fully saturated rings. The summed E-state index contributed by atoms with van der Waals surface area (Å²) in [6.45, 7) is 4.81. The van der Waals surface area contributed by atoms with E-state index in [1.54, 1.807) is 12.1 Å². The van der Waals surface area contributed by atoms with Crippen molar-refractivity contribution >= 4 is 33.0 Å². The molecule has 2 aromatic heterocycles. The van der Waals surface area contributed by atoms with Gasteiger partial charge < -0.3 is 4.52 Å². The zero-order chi connectivity index (χ0) is 15.7. The Kier molecular flexibility index (Phi) is 4.56. The lowest BCUT2D eigenvalue weighted by molar-refractivity contribution is 0.178. The molecule has 1 aliphatic rings. The fourth-order valence-corrected chi connectivity index (χ4v) is 5.47. The number of thiophene rings is 1. The third kappa shape index (κ3) is 3.36. The second kappa shape index (κ2) is 6.29. The zero-order valence-electron chi connectivity index (χ0n) is 12.0. The van der Waals surface area contributed by atoms with Gasteiger partial charge in [-0.25, -0.2) is 8.42 Å². The molecule has 22 heavy (non-hydrogen) atoms. The van der Waals surface area contributed by atoms with Crippen molar-refractivity contribution in [3.8, 4) is 0 Å². The number of aromatic nitrogens is 1. The van der Waals surface area contributed by atoms with Gasteiger partial charge in [0.05, 0.1) is 10.0 Å². The van der Waals surface area contributed by atoms with Crippen LogP contribution in [0.4, 0.5) is 0 Å². The van der Waals surface area contributed by atoms with Gasteiger partial charge in [-0.1, -0.05) is 16.8 Å². The van der Waals surface area contributed by atoms with Crippen LogP contribution in [0.15, 0.2) is 26.9 Å². The lowest BCUT2D eigenvalue weighted by Gasteiger charge is -2.33. The SMILES string of the molecule is Cc1cc(CN2CCN(S(=O)(=O)c3ccc(Cl)s3)CC2)no1. The summed E-state index contributed by atoms with van der Waals surface area (Å²) >= 11 is 6.93. The summed E-state index contributed by atoms with van der Waals surface area (Å²) in [5, 5.41) is 3.97. The van der Waals surface area contributed by atoms with E-state index in [9.17, 15) is 8.42 Å². The molecule has 3 rings (SSSR count). The van der Waals surface area contributed by atoms with Crippen LogP contribution in [0.1, 0.15) is 11.5 Å². The molecular formula is C13H16ClN3O3S2. The molecule has 1 saturated heterocycles. The van der Waals surface area contributed by atoms with Gasteiger partial charge in [0.15, 0.2) is 0 Å². The monoisotopic (exact) mass is 361 g/mol. The van der Waals surface area contributed by atoms with E-state index in [1.165, 1.54) is 4.31 Å². The molecule has 0 saturated carbocycles. The highest BCUT2D eigenvalue weighted by Crippen LogP contribution is 2.28. The van der Waals surface area contributed by atoms with Gasteiger partial charge in [0.2, 0.25) is 0 Å². The largest absolute Gasteiger partial charge is 0.361 e. The Hall–Kier alpha value is -0.930.